The molecular weight excluding hydrogens is 244 g/mol. The number of aliphatic hydroxyl groups excluding tert-OH is 1. The van der Waals surface area contributed by atoms with Crippen LogP contribution in [0.2, 0.25) is 0 Å². The molecule has 0 aromatic carbocycles. The van der Waals surface area contributed by atoms with Crippen LogP contribution in [-0.2, 0) is 0 Å². The summed E-state index contributed by atoms with van der Waals surface area (Å²) in [5, 5.41) is 9.24. The zero-order valence-electron chi connectivity index (χ0n) is 13.4. The molecule has 0 amide bonds. The largest absolute Gasteiger partial charge is 0.396 e. The molecule has 2 fully saturated rings. The molecule has 0 aromatic rings. The smallest absolute Gasteiger partial charge is 0.0459 e. The van der Waals surface area contributed by atoms with Crippen LogP contribution < -0.4 is 0 Å². The van der Waals surface area contributed by atoms with Gasteiger partial charge in [-0.25, -0.2) is 0 Å². The monoisotopic (exact) mass is 278 g/mol. The summed E-state index contributed by atoms with van der Waals surface area (Å²) in [5.74, 6) is 3.64. The van der Waals surface area contributed by atoms with Crippen molar-refractivity contribution in [1.82, 2.24) is 0 Å². The highest BCUT2D eigenvalue weighted by molar-refractivity contribution is 4.82. The summed E-state index contributed by atoms with van der Waals surface area (Å²) in [7, 11) is 0. The minimum atomic E-state index is 0.422. The van der Waals surface area contributed by atoms with Gasteiger partial charge >= 0.3 is 0 Å². The first kappa shape index (κ1) is 16.1. The third-order valence-corrected chi connectivity index (χ3v) is 5.93. The van der Waals surface area contributed by atoms with Gasteiger partial charge in [-0.15, -0.1) is 0 Å². The van der Waals surface area contributed by atoms with Crippen molar-refractivity contribution in [2.45, 2.75) is 77.6 Å². The summed E-state index contributed by atoms with van der Waals surface area (Å²) in [6.45, 7) is 2.54. The normalized spacial score (nSPS) is 35.5. The van der Waals surface area contributed by atoms with Crippen LogP contribution in [0.1, 0.15) is 77.6 Å². The second-order valence-electron chi connectivity index (χ2n) is 7.24. The predicted molar refractivity (Wildman–Crippen MR) is 86.6 cm³/mol. The lowest BCUT2D eigenvalue weighted by atomic mass is 9.69. The Morgan fingerprint density at radius 3 is 1.90 bits per heavy atom. The molecule has 0 aliphatic heterocycles. The molecule has 0 unspecified atom stereocenters. The lowest BCUT2D eigenvalue weighted by Gasteiger charge is -2.37. The summed E-state index contributed by atoms with van der Waals surface area (Å²) in [6, 6.07) is 0. The average molecular weight is 278 g/mol. The van der Waals surface area contributed by atoms with E-state index in [0.717, 1.165) is 17.8 Å². The van der Waals surface area contributed by atoms with Gasteiger partial charge in [-0.1, -0.05) is 31.4 Å². The van der Waals surface area contributed by atoms with Crippen LogP contribution in [0.15, 0.2) is 12.2 Å². The van der Waals surface area contributed by atoms with Gasteiger partial charge in [0.25, 0.3) is 0 Å². The van der Waals surface area contributed by atoms with E-state index in [9.17, 15) is 5.11 Å². The Balaban J connectivity index is 1.62. The van der Waals surface area contributed by atoms with E-state index in [1.807, 2.05) is 0 Å². The van der Waals surface area contributed by atoms with E-state index in [-0.39, 0.29) is 0 Å². The number of rotatable bonds is 6. The topological polar surface area (TPSA) is 20.2 Å². The summed E-state index contributed by atoms with van der Waals surface area (Å²) in [4.78, 5) is 0. The maximum atomic E-state index is 9.24. The van der Waals surface area contributed by atoms with Crippen molar-refractivity contribution >= 4 is 0 Å². The van der Waals surface area contributed by atoms with E-state index in [4.69, 9.17) is 0 Å². The van der Waals surface area contributed by atoms with Gasteiger partial charge < -0.3 is 5.11 Å². The Bertz CT molecular complexity index is 267. The van der Waals surface area contributed by atoms with Gasteiger partial charge in [0.15, 0.2) is 0 Å². The van der Waals surface area contributed by atoms with Crippen molar-refractivity contribution in [2.24, 2.45) is 23.7 Å². The van der Waals surface area contributed by atoms with E-state index in [2.05, 4.69) is 19.1 Å². The second-order valence-corrected chi connectivity index (χ2v) is 7.24. The maximum absolute atomic E-state index is 9.24. The highest BCUT2D eigenvalue weighted by Crippen LogP contribution is 2.42. The van der Waals surface area contributed by atoms with E-state index >= 15 is 0 Å². The number of unbranched alkanes of at least 4 members (excludes halogenated alkanes) is 1. The molecule has 0 radical (unpaired) electrons. The highest BCUT2D eigenvalue weighted by Gasteiger charge is 2.30. The van der Waals surface area contributed by atoms with Gasteiger partial charge in [0.2, 0.25) is 0 Å². The Morgan fingerprint density at radius 2 is 1.40 bits per heavy atom. The zero-order chi connectivity index (χ0) is 14.2. The Morgan fingerprint density at radius 1 is 0.850 bits per heavy atom. The minimum Gasteiger partial charge on any atom is -0.396 e. The van der Waals surface area contributed by atoms with Gasteiger partial charge in [-0.2, -0.15) is 0 Å². The fraction of sp³-hybridized carbons (Fsp3) is 0.895. The first-order valence-corrected chi connectivity index (χ1v) is 9.05. The van der Waals surface area contributed by atoms with Crippen LogP contribution in [0.25, 0.3) is 0 Å². The molecule has 1 heteroatoms. The molecule has 2 saturated carbocycles. The molecule has 0 aromatic heterocycles. The molecule has 0 atom stereocenters. The van der Waals surface area contributed by atoms with Gasteiger partial charge in [0.1, 0.15) is 0 Å². The Labute approximate surface area is 125 Å². The fourth-order valence-corrected chi connectivity index (χ4v) is 4.48. The number of allylic oxidation sites excluding steroid dienone is 2. The first-order valence-electron chi connectivity index (χ1n) is 9.05. The molecule has 2 aliphatic rings. The van der Waals surface area contributed by atoms with Crippen LogP contribution in [0.5, 0.6) is 0 Å². The van der Waals surface area contributed by atoms with E-state index < -0.39 is 0 Å². The third kappa shape index (κ3) is 4.91. The minimum absolute atomic E-state index is 0.422. The zero-order valence-corrected chi connectivity index (χ0v) is 13.4. The maximum Gasteiger partial charge on any atom is 0.0459 e. The molecule has 2 aliphatic carbocycles. The van der Waals surface area contributed by atoms with Crippen molar-refractivity contribution in [1.29, 1.82) is 0 Å². The summed E-state index contributed by atoms with van der Waals surface area (Å²) < 4.78 is 0. The molecule has 0 saturated heterocycles. The summed E-state index contributed by atoms with van der Waals surface area (Å²) >= 11 is 0. The first-order chi connectivity index (χ1) is 9.83. The van der Waals surface area contributed by atoms with Crippen molar-refractivity contribution in [2.75, 3.05) is 6.61 Å². The number of aliphatic hydroxyl groups is 1. The molecule has 1 N–H and O–H groups in total. The van der Waals surface area contributed by atoms with E-state index in [0.29, 0.717) is 12.5 Å². The molecule has 0 spiro atoms. The molecule has 0 heterocycles. The van der Waals surface area contributed by atoms with Crippen molar-refractivity contribution < 1.29 is 5.11 Å². The fourth-order valence-electron chi connectivity index (χ4n) is 4.48. The standard InChI is InChI=1S/C19H34O/c1-2-3-4-5-6-16-7-11-18(12-8-16)19-13-9-17(15-20)10-14-19/h2-3,16-20H,4-15H2,1H3/b3-2-. The van der Waals surface area contributed by atoms with E-state index in [1.54, 1.807) is 0 Å². The molecule has 20 heavy (non-hydrogen) atoms. The van der Waals surface area contributed by atoms with Gasteiger partial charge in [0.05, 0.1) is 0 Å². The summed E-state index contributed by atoms with van der Waals surface area (Å²) in [6.07, 6.45) is 19.9. The van der Waals surface area contributed by atoms with Crippen LogP contribution in [0.3, 0.4) is 0 Å². The van der Waals surface area contributed by atoms with Crippen LogP contribution in [0, 0.1) is 23.7 Å². The van der Waals surface area contributed by atoms with Gasteiger partial charge in [0, 0.05) is 6.61 Å². The molecule has 0 bridgehead atoms. The summed E-state index contributed by atoms with van der Waals surface area (Å²) in [5.41, 5.74) is 0. The Kier molecular flexibility index (Phi) is 7.13. The van der Waals surface area contributed by atoms with E-state index in [1.165, 1.54) is 70.6 Å². The third-order valence-electron chi connectivity index (χ3n) is 5.93. The van der Waals surface area contributed by atoms with Crippen LogP contribution >= 0.6 is 0 Å². The van der Waals surface area contributed by atoms with Crippen molar-refractivity contribution in [3.8, 4) is 0 Å². The molecular formula is C19H34O. The SMILES string of the molecule is C/C=C\CCCC1CCC(C2CCC(CO)CC2)CC1. The molecule has 2 rings (SSSR count). The number of hydrogen-bond donors (Lipinski definition) is 1. The van der Waals surface area contributed by atoms with Gasteiger partial charge in [-0.05, 0) is 82.0 Å². The number of hydrogen-bond acceptors (Lipinski definition) is 1. The second kappa shape index (κ2) is 8.87. The van der Waals surface area contributed by atoms with Crippen LogP contribution in [-0.4, -0.2) is 11.7 Å². The lowest BCUT2D eigenvalue weighted by molar-refractivity contribution is 0.115. The molecule has 116 valence electrons. The molecule has 1 nitrogen and oxygen atoms in total. The van der Waals surface area contributed by atoms with Crippen molar-refractivity contribution in [3.63, 3.8) is 0 Å². The average Bonchev–Trinajstić information content (AvgIpc) is 2.52. The van der Waals surface area contributed by atoms with Gasteiger partial charge in [-0.3, -0.25) is 0 Å². The van der Waals surface area contributed by atoms with Crippen LogP contribution in [0.4, 0.5) is 0 Å². The quantitative estimate of drug-likeness (QED) is 0.514. The highest BCUT2D eigenvalue weighted by atomic mass is 16.3. The predicted octanol–water partition coefficient (Wildman–Crippen LogP) is 5.34. The van der Waals surface area contributed by atoms with Crippen molar-refractivity contribution in [3.05, 3.63) is 12.2 Å². The lowest BCUT2D eigenvalue weighted by Crippen LogP contribution is -2.26. The Hall–Kier alpha value is -0.300.